The molecule has 0 bridgehead atoms. The van der Waals surface area contributed by atoms with E-state index >= 15 is 0 Å². The summed E-state index contributed by atoms with van der Waals surface area (Å²) in [5.41, 5.74) is 12.1. The molecule has 0 radical (unpaired) electrons. The van der Waals surface area contributed by atoms with Crippen molar-refractivity contribution in [2.75, 3.05) is 37.9 Å². The third-order valence-corrected chi connectivity index (χ3v) is 1.84. The van der Waals surface area contributed by atoms with Gasteiger partial charge in [-0.05, 0) is 6.07 Å². The molecule has 0 atom stereocenters. The summed E-state index contributed by atoms with van der Waals surface area (Å²) in [5, 5.41) is 17.3. The Labute approximate surface area is 93.4 Å². The van der Waals surface area contributed by atoms with Crippen LogP contribution in [0.25, 0.3) is 0 Å². The quantitative estimate of drug-likeness (QED) is 0.493. The molecule has 0 aromatic heterocycles. The Bertz CT molecular complexity index is 315. The molecule has 6 nitrogen and oxygen atoms in total. The molecule has 0 saturated carbocycles. The molecule has 0 heterocycles. The summed E-state index contributed by atoms with van der Waals surface area (Å²) in [7, 11) is 0. The van der Waals surface area contributed by atoms with Crippen LogP contribution in [-0.4, -0.2) is 36.6 Å². The minimum Gasteiger partial charge on any atom is -0.489 e. The summed E-state index contributed by atoms with van der Waals surface area (Å²) < 4.78 is 10.4. The molecule has 0 fully saturated rings. The smallest absolute Gasteiger partial charge is 0.146 e. The van der Waals surface area contributed by atoms with Crippen molar-refractivity contribution in [3.05, 3.63) is 12.1 Å². The molecule has 6 heteroatoms. The summed E-state index contributed by atoms with van der Waals surface area (Å²) in [4.78, 5) is 0. The van der Waals surface area contributed by atoms with Crippen molar-refractivity contribution in [3.63, 3.8) is 0 Å². The van der Waals surface area contributed by atoms with Gasteiger partial charge in [-0.25, -0.2) is 0 Å². The average Bonchev–Trinajstić information content (AvgIpc) is 2.26. The van der Waals surface area contributed by atoms with Crippen molar-refractivity contribution in [2.24, 2.45) is 0 Å². The molecular weight excluding hydrogens is 212 g/mol. The van der Waals surface area contributed by atoms with Gasteiger partial charge in [0.2, 0.25) is 0 Å². The maximum absolute atomic E-state index is 8.63. The van der Waals surface area contributed by atoms with E-state index in [1.165, 1.54) is 12.1 Å². The number of hydrogen-bond acceptors (Lipinski definition) is 6. The van der Waals surface area contributed by atoms with Crippen LogP contribution in [-0.2, 0) is 0 Å². The van der Waals surface area contributed by atoms with E-state index in [4.69, 9.17) is 31.2 Å². The summed E-state index contributed by atoms with van der Waals surface area (Å²) in [5.74, 6) is 0.798. The van der Waals surface area contributed by atoms with Crippen molar-refractivity contribution in [2.45, 2.75) is 0 Å². The molecule has 0 aliphatic rings. The van der Waals surface area contributed by atoms with Crippen LogP contribution in [0.15, 0.2) is 12.1 Å². The van der Waals surface area contributed by atoms with E-state index < -0.39 is 0 Å². The van der Waals surface area contributed by atoms with Crippen LogP contribution in [0.1, 0.15) is 0 Å². The standard InChI is InChI=1S/C10H16N2O4/c11-7-5-8(12)10(16-4-2-14)6-9(7)15-3-1-13/h5-6,13-14H,1-4,11-12H2. The Hall–Kier alpha value is -1.66. The summed E-state index contributed by atoms with van der Waals surface area (Å²) in [6, 6.07) is 3.05. The fourth-order valence-corrected chi connectivity index (χ4v) is 1.16. The Morgan fingerprint density at radius 2 is 1.31 bits per heavy atom. The number of nitrogens with two attached hydrogens (primary N) is 2. The maximum atomic E-state index is 8.63. The normalized spacial score (nSPS) is 10.1. The van der Waals surface area contributed by atoms with Gasteiger partial charge in [-0.2, -0.15) is 0 Å². The molecule has 0 unspecified atom stereocenters. The molecule has 0 amide bonds. The summed E-state index contributed by atoms with van der Waals surface area (Å²) >= 11 is 0. The molecule has 0 aliphatic carbocycles. The number of nitrogen functional groups attached to an aromatic ring is 2. The van der Waals surface area contributed by atoms with Crippen molar-refractivity contribution in [1.29, 1.82) is 0 Å². The highest BCUT2D eigenvalue weighted by Gasteiger charge is 2.07. The van der Waals surface area contributed by atoms with Gasteiger partial charge in [0, 0.05) is 6.07 Å². The molecular formula is C10H16N2O4. The molecule has 1 rings (SSSR count). The van der Waals surface area contributed by atoms with E-state index in [2.05, 4.69) is 0 Å². The van der Waals surface area contributed by atoms with Crippen LogP contribution in [0.4, 0.5) is 11.4 Å². The van der Waals surface area contributed by atoms with Crippen molar-refractivity contribution < 1.29 is 19.7 Å². The van der Waals surface area contributed by atoms with Gasteiger partial charge in [0.1, 0.15) is 24.7 Å². The first-order valence-corrected chi connectivity index (χ1v) is 4.85. The molecule has 0 spiro atoms. The first-order chi connectivity index (χ1) is 7.69. The van der Waals surface area contributed by atoms with Crippen molar-refractivity contribution in [3.8, 4) is 11.5 Å². The Kier molecular flexibility index (Phi) is 4.68. The first kappa shape index (κ1) is 12.4. The maximum Gasteiger partial charge on any atom is 0.146 e. The van der Waals surface area contributed by atoms with Gasteiger partial charge in [-0.15, -0.1) is 0 Å². The van der Waals surface area contributed by atoms with Crippen LogP contribution in [0, 0.1) is 0 Å². The number of hydrogen-bond donors (Lipinski definition) is 4. The predicted molar refractivity (Wildman–Crippen MR) is 60.4 cm³/mol. The Morgan fingerprint density at radius 3 is 1.69 bits per heavy atom. The highest BCUT2D eigenvalue weighted by atomic mass is 16.5. The van der Waals surface area contributed by atoms with Crippen LogP contribution in [0.2, 0.25) is 0 Å². The van der Waals surface area contributed by atoms with E-state index in [0.717, 1.165) is 0 Å². The van der Waals surface area contributed by atoms with Crippen LogP contribution < -0.4 is 20.9 Å². The zero-order valence-corrected chi connectivity index (χ0v) is 8.85. The zero-order chi connectivity index (χ0) is 12.0. The van der Waals surface area contributed by atoms with E-state index in [-0.39, 0.29) is 26.4 Å². The van der Waals surface area contributed by atoms with Gasteiger partial charge < -0.3 is 31.2 Å². The predicted octanol–water partition coefficient (Wildman–Crippen LogP) is -0.407. The van der Waals surface area contributed by atoms with Gasteiger partial charge in [0.05, 0.1) is 24.6 Å². The number of ether oxygens (including phenoxy) is 2. The largest absolute Gasteiger partial charge is 0.489 e. The average molecular weight is 228 g/mol. The lowest BCUT2D eigenvalue weighted by Crippen LogP contribution is -2.07. The van der Waals surface area contributed by atoms with Gasteiger partial charge in [0.15, 0.2) is 0 Å². The van der Waals surface area contributed by atoms with Gasteiger partial charge >= 0.3 is 0 Å². The Morgan fingerprint density at radius 1 is 0.875 bits per heavy atom. The summed E-state index contributed by atoms with van der Waals surface area (Å²) in [6.07, 6.45) is 0. The zero-order valence-electron chi connectivity index (χ0n) is 8.85. The number of benzene rings is 1. The second-order valence-corrected chi connectivity index (χ2v) is 3.07. The SMILES string of the molecule is Nc1cc(N)c(OCCO)cc1OCCO. The van der Waals surface area contributed by atoms with E-state index in [1.54, 1.807) is 0 Å². The van der Waals surface area contributed by atoms with E-state index in [0.29, 0.717) is 22.9 Å². The van der Waals surface area contributed by atoms with Crippen LogP contribution in [0.5, 0.6) is 11.5 Å². The third-order valence-electron chi connectivity index (χ3n) is 1.84. The number of aliphatic hydroxyl groups is 2. The molecule has 1 aromatic rings. The molecule has 6 N–H and O–H groups in total. The van der Waals surface area contributed by atoms with Crippen LogP contribution in [0.3, 0.4) is 0 Å². The minimum atomic E-state index is -0.101. The molecule has 0 aliphatic heterocycles. The number of rotatable bonds is 6. The lowest BCUT2D eigenvalue weighted by Gasteiger charge is -2.12. The fraction of sp³-hybridized carbons (Fsp3) is 0.400. The van der Waals surface area contributed by atoms with E-state index in [9.17, 15) is 0 Å². The van der Waals surface area contributed by atoms with E-state index in [1.807, 2.05) is 0 Å². The van der Waals surface area contributed by atoms with Crippen LogP contribution >= 0.6 is 0 Å². The third kappa shape index (κ3) is 3.18. The molecule has 0 saturated heterocycles. The second-order valence-electron chi connectivity index (χ2n) is 3.07. The molecule has 1 aromatic carbocycles. The Balaban J connectivity index is 2.83. The first-order valence-electron chi connectivity index (χ1n) is 4.85. The second kappa shape index (κ2) is 6.04. The van der Waals surface area contributed by atoms with Gasteiger partial charge in [0.25, 0.3) is 0 Å². The number of aliphatic hydroxyl groups excluding tert-OH is 2. The van der Waals surface area contributed by atoms with Gasteiger partial charge in [-0.1, -0.05) is 0 Å². The topological polar surface area (TPSA) is 111 Å². The monoisotopic (exact) mass is 228 g/mol. The number of anilines is 2. The highest BCUT2D eigenvalue weighted by molar-refractivity contribution is 5.67. The lowest BCUT2D eigenvalue weighted by molar-refractivity contribution is 0.195. The minimum absolute atomic E-state index is 0.101. The fourth-order valence-electron chi connectivity index (χ4n) is 1.16. The molecule has 90 valence electrons. The van der Waals surface area contributed by atoms with Crippen molar-refractivity contribution in [1.82, 2.24) is 0 Å². The van der Waals surface area contributed by atoms with Gasteiger partial charge in [-0.3, -0.25) is 0 Å². The lowest BCUT2D eigenvalue weighted by atomic mass is 10.2. The highest BCUT2D eigenvalue weighted by Crippen LogP contribution is 2.32. The summed E-state index contributed by atoms with van der Waals surface area (Å²) in [6.45, 7) is 0.0917. The van der Waals surface area contributed by atoms with Crippen molar-refractivity contribution >= 4 is 11.4 Å². The molecule has 16 heavy (non-hydrogen) atoms.